The molecule has 0 aromatic heterocycles. The van der Waals surface area contributed by atoms with Crippen LogP contribution in [0.15, 0.2) is 42.5 Å². The van der Waals surface area contributed by atoms with Crippen LogP contribution in [0.3, 0.4) is 0 Å². The number of aliphatic hydroxyl groups is 1. The van der Waals surface area contributed by atoms with E-state index in [1.165, 1.54) is 47.9 Å². The summed E-state index contributed by atoms with van der Waals surface area (Å²) in [6, 6.07) is 15.6. The molecule has 2 aliphatic carbocycles. The minimum absolute atomic E-state index is 0.102. The van der Waals surface area contributed by atoms with Crippen LogP contribution in [0.2, 0.25) is 0 Å². The number of methoxy groups -OCH3 is 1. The van der Waals surface area contributed by atoms with Gasteiger partial charge in [-0.05, 0) is 97.6 Å². The third-order valence-electron chi connectivity index (χ3n) is 6.99. The van der Waals surface area contributed by atoms with Gasteiger partial charge in [0.05, 0.1) is 13.7 Å². The molecule has 0 spiro atoms. The Balaban J connectivity index is 1.35. The first-order valence-electron chi connectivity index (χ1n) is 10.7. The molecule has 28 heavy (non-hydrogen) atoms. The molecule has 0 aliphatic heterocycles. The van der Waals surface area contributed by atoms with E-state index in [-0.39, 0.29) is 12.1 Å². The molecule has 2 aliphatic rings. The van der Waals surface area contributed by atoms with Crippen LogP contribution in [0.1, 0.15) is 60.3 Å². The van der Waals surface area contributed by atoms with Gasteiger partial charge in [-0.2, -0.15) is 0 Å². The van der Waals surface area contributed by atoms with E-state index in [2.05, 4.69) is 42.5 Å². The van der Waals surface area contributed by atoms with Gasteiger partial charge in [0, 0.05) is 5.54 Å². The normalized spacial score (nSPS) is 26.8. The van der Waals surface area contributed by atoms with E-state index in [1.807, 2.05) is 0 Å². The van der Waals surface area contributed by atoms with Crippen molar-refractivity contribution in [3.63, 3.8) is 0 Å². The monoisotopic (exact) mass is 379 g/mol. The third-order valence-corrected chi connectivity index (χ3v) is 6.99. The molecule has 1 saturated carbocycles. The number of rotatable bonds is 6. The van der Waals surface area contributed by atoms with Gasteiger partial charge in [0.25, 0.3) is 0 Å². The lowest BCUT2D eigenvalue weighted by Crippen LogP contribution is -2.40. The van der Waals surface area contributed by atoms with E-state index in [0.717, 1.165) is 37.4 Å². The minimum Gasteiger partial charge on any atom is -0.497 e. The average Bonchev–Trinajstić information content (AvgIpc) is 3.15. The van der Waals surface area contributed by atoms with E-state index in [0.29, 0.717) is 5.92 Å². The van der Waals surface area contributed by atoms with Gasteiger partial charge in [-0.3, -0.25) is 0 Å². The molecule has 0 radical (unpaired) electrons. The summed E-state index contributed by atoms with van der Waals surface area (Å²) in [7, 11) is 1.71. The number of benzene rings is 2. The zero-order valence-corrected chi connectivity index (χ0v) is 17.0. The zero-order valence-electron chi connectivity index (χ0n) is 17.0. The molecule has 0 bridgehead atoms. The SMILES string of the molecule is COc1ccc(CCC2CCc3cc(C4CC[C@](N)(CO)C4)ccc3C2)cc1. The molecule has 150 valence electrons. The van der Waals surface area contributed by atoms with Gasteiger partial charge < -0.3 is 15.6 Å². The van der Waals surface area contributed by atoms with Crippen molar-refractivity contribution in [2.24, 2.45) is 11.7 Å². The van der Waals surface area contributed by atoms with Crippen LogP contribution in [0.4, 0.5) is 0 Å². The number of nitrogens with two attached hydrogens (primary N) is 1. The average molecular weight is 380 g/mol. The van der Waals surface area contributed by atoms with Crippen molar-refractivity contribution in [3.05, 3.63) is 64.7 Å². The number of aryl methyl sites for hydroxylation is 2. The van der Waals surface area contributed by atoms with Crippen molar-refractivity contribution in [1.29, 1.82) is 0 Å². The van der Waals surface area contributed by atoms with Gasteiger partial charge in [-0.15, -0.1) is 0 Å². The molecule has 3 atom stereocenters. The van der Waals surface area contributed by atoms with Crippen molar-refractivity contribution in [2.75, 3.05) is 13.7 Å². The third kappa shape index (κ3) is 4.26. The Labute approximate surface area is 168 Å². The first-order valence-corrected chi connectivity index (χ1v) is 10.7. The van der Waals surface area contributed by atoms with E-state index in [1.54, 1.807) is 7.11 Å². The van der Waals surface area contributed by atoms with Crippen LogP contribution in [0, 0.1) is 5.92 Å². The van der Waals surface area contributed by atoms with Gasteiger partial charge in [0.15, 0.2) is 0 Å². The highest BCUT2D eigenvalue weighted by Crippen LogP contribution is 2.40. The molecular formula is C25H33NO2. The van der Waals surface area contributed by atoms with Crippen molar-refractivity contribution in [3.8, 4) is 5.75 Å². The Bertz CT molecular complexity index is 801. The second kappa shape index (κ2) is 8.26. The van der Waals surface area contributed by atoms with E-state index in [9.17, 15) is 5.11 Å². The molecule has 0 saturated heterocycles. The van der Waals surface area contributed by atoms with Gasteiger partial charge in [0.2, 0.25) is 0 Å². The highest BCUT2D eigenvalue weighted by molar-refractivity contribution is 5.37. The zero-order chi connectivity index (χ0) is 19.6. The number of aliphatic hydroxyl groups excluding tert-OH is 1. The molecule has 4 rings (SSSR count). The van der Waals surface area contributed by atoms with Crippen LogP contribution in [-0.4, -0.2) is 24.4 Å². The number of hydrogen-bond acceptors (Lipinski definition) is 3. The largest absolute Gasteiger partial charge is 0.497 e. The molecule has 2 aromatic rings. The molecule has 2 unspecified atom stereocenters. The van der Waals surface area contributed by atoms with Crippen molar-refractivity contribution in [2.45, 2.75) is 62.8 Å². The molecule has 0 heterocycles. The Morgan fingerprint density at radius 2 is 1.93 bits per heavy atom. The number of ether oxygens (including phenoxy) is 1. The maximum atomic E-state index is 9.54. The predicted molar refractivity (Wildman–Crippen MR) is 114 cm³/mol. The lowest BCUT2D eigenvalue weighted by molar-refractivity contribution is 0.198. The fraction of sp³-hybridized carbons (Fsp3) is 0.520. The van der Waals surface area contributed by atoms with E-state index < -0.39 is 0 Å². The lowest BCUT2D eigenvalue weighted by atomic mass is 9.79. The molecule has 3 nitrogen and oxygen atoms in total. The fourth-order valence-corrected chi connectivity index (χ4v) is 5.10. The summed E-state index contributed by atoms with van der Waals surface area (Å²) in [6.07, 6.45) is 9.01. The summed E-state index contributed by atoms with van der Waals surface area (Å²) in [5.74, 6) is 2.22. The van der Waals surface area contributed by atoms with Crippen LogP contribution in [0.5, 0.6) is 5.75 Å². The molecule has 2 aromatic carbocycles. The highest BCUT2D eigenvalue weighted by Gasteiger charge is 2.36. The lowest BCUT2D eigenvalue weighted by Gasteiger charge is -2.26. The van der Waals surface area contributed by atoms with Gasteiger partial charge >= 0.3 is 0 Å². The van der Waals surface area contributed by atoms with Gasteiger partial charge in [-0.25, -0.2) is 0 Å². The van der Waals surface area contributed by atoms with Crippen LogP contribution < -0.4 is 10.5 Å². The smallest absolute Gasteiger partial charge is 0.118 e. The van der Waals surface area contributed by atoms with Gasteiger partial charge in [0.1, 0.15) is 5.75 Å². The molecule has 3 N–H and O–H groups in total. The first kappa shape index (κ1) is 19.5. The van der Waals surface area contributed by atoms with E-state index in [4.69, 9.17) is 10.5 Å². The summed E-state index contributed by atoms with van der Waals surface area (Å²) in [6.45, 7) is 0.102. The van der Waals surface area contributed by atoms with E-state index >= 15 is 0 Å². The van der Waals surface area contributed by atoms with Gasteiger partial charge in [-0.1, -0.05) is 30.3 Å². The Kier molecular flexibility index (Phi) is 5.75. The molecule has 3 heteroatoms. The number of hydrogen-bond donors (Lipinski definition) is 2. The summed E-state index contributed by atoms with van der Waals surface area (Å²) >= 11 is 0. The summed E-state index contributed by atoms with van der Waals surface area (Å²) in [5, 5.41) is 9.54. The standard InChI is InChI=1S/C25H33NO2/c1-28-24-10-5-18(6-11-24)2-3-19-4-7-21-15-22(9-8-20(21)14-19)23-12-13-25(26,16-23)17-27/h5-6,8-11,15,19,23,27H,2-4,7,12-14,16-17,26H2,1H3/t19?,23?,25-/m1/s1. The highest BCUT2D eigenvalue weighted by atomic mass is 16.5. The first-order chi connectivity index (χ1) is 13.6. The van der Waals surface area contributed by atoms with Crippen LogP contribution in [-0.2, 0) is 19.3 Å². The summed E-state index contributed by atoms with van der Waals surface area (Å²) < 4.78 is 5.25. The fourth-order valence-electron chi connectivity index (χ4n) is 5.10. The van der Waals surface area contributed by atoms with Crippen molar-refractivity contribution >= 4 is 0 Å². The molecule has 0 amide bonds. The molecule has 1 fully saturated rings. The summed E-state index contributed by atoms with van der Waals surface area (Å²) in [5.41, 5.74) is 11.8. The quantitative estimate of drug-likeness (QED) is 0.783. The Morgan fingerprint density at radius 1 is 1.11 bits per heavy atom. The summed E-state index contributed by atoms with van der Waals surface area (Å²) in [4.78, 5) is 0. The van der Waals surface area contributed by atoms with Crippen molar-refractivity contribution < 1.29 is 9.84 Å². The predicted octanol–water partition coefficient (Wildman–Crippen LogP) is 4.39. The Morgan fingerprint density at radius 3 is 2.64 bits per heavy atom. The maximum absolute atomic E-state index is 9.54. The second-order valence-electron chi connectivity index (χ2n) is 8.98. The minimum atomic E-state index is -0.368. The molecular weight excluding hydrogens is 346 g/mol. The van der Waals surface area contributed by atoms with Crippen LogP contribution >= 0.6 is 0 Å². The second-order valence-corrected chi connectivity index (χ2v) is 8.98. The maximum Gasteiger partial charge on any atom is 0.118 e. The number of fused-ring (bicyclic) bond motifs is 1. The topological polar surface area (TPSA) is 55.5 Å². The van der Waals surface area contributed by atoms with Crippen LogP contribution in [0.25, 0.3) is 0 Å². The Hall–Kier alpha value is -1.84. The van der Waals surface area contributed by atoms with Crippen molar-refractivity contribution in [1.82, 2.24) is 0 Å².